The van der Waals surface area contributed by atoms with Gasteiger partial charge in [-0.1, -0.05) is 68.9 Å². The number of nitrogens with zero attached hydrogens (tertiary/aromatic N) is 6. The number of carbonyl (C=O) groups excluding carboxylic acids is 1. The Balaban J connectivity index is 1.24. The number of benzene rings is 3. The minimum Gasteiger partial charge on any atom is -0.406 e. The molecule has 234 valence electrons. The highest BCUT2D eigenvalue weighted by molar-refractivity contribution is 8.14. The number of amidine groups is 1. The standard InChI is InChI=1S/C33H33F3N6O2S/c1-21(2)29-22(3)7-5-8-28(29)41-17-6-18-45-32(41)39-31(43)37-19-23(4)24-9-11-25(12-10-24)30-38-20-42(40-30)26-13-15-27(16-14-26)44-33(34,35)36/h5,7-16,19-21,23H,6,17-18H2,1-4H3. The van der Waals surface area contributed by atoms with Crippen LogP contribution in [0.5, 0.6) is 5.75 Å². The Morgan fingerprint density at radius 2 is 1.78 bits per heavy atom. The normalized spacial score (nSPS) is 15.6. The largest absolute Gasteiger partial charge is 0.573 e. The van der Waals surface area contributed by atoms with E-state index in [1.54, 1.807) is 18.0 Å². The van der Waals surface area contributed by atoms with Crippen molar-refractivity contribution in [3.8, 4) is 22.8 Å². The van der Waals surface area contributed by atoms with Gasteiger partial charge in [0.15, 0.2) is 11.0 Å². The lowest BCUT2D eigenvalue weighted by atomic mass is 9.95. The summed E-state index contributed by atoms with van der Waals surface area (Å²) in [6.07, 6.45) is -0.662. The molecule has 1 atom stereocenters. The topological polar surface area (TPSA) is 85.0 Å². The number of amides is 2. The number of aromatic nitrogens is 3. The zero-order chi connectivity index (χ0) is 32.1. The van der Waals surface area contributed by atoms with Gasteiger partial charge in [-0.2, -0.15) is 4.99 Å². The molecule has 8 nitrogen and oxygen atoms in total. The predicted octanol–water partition coefficient (Wildman–Crippen LogP) is 8.56. The van der Waals surface area contributed by atoms with E-state index in [0.29, 0.717) is 22.6 Å². The van der Waals surface area contributed by atoms with Crippen LogP contribution in [0, 0.1) is 6.92 Å². The third kappa shape index (κ3) is 7.99. The Kier molecular flexibility index (Phi) is 9.71. The lowest BCUT2D eigenvalue weighted by molar-refractivity contribution is -0.274. The third-order valence-corrected chi connectivity index (χ3v) is 8.34. The van der Waals surface area contributed by atoms with Gasteiger partial charge in [0.05, 0.1) is 5.69 Å². The second-order valence-corrected chi connectivity index (χ2v) is 12.0. The first-order valence-electron chi connectivity index (χ1n) is 14.5. The fourth-order valence-corrected chi connectivity index (χ4v) is 6.10. The van der Waals surface area contributed by atoms with Crippen LogP contribution < -0.4 is 9.64 Å². The average Bonchev–Trinajstić information content (AvgIpc) is 3.50. The molecule has 45 heavy (non-hydrogen) atoms. The van der Waals surface area contributed by atoms with Gasteiger partial charge in [-0.05, 0) is 66.3 Å². The van der Waals surface area contributed by atoms with Crippen LogP contribution >= 0.6 is 11.8 Å². The molecule has 12 heteroatoms. The van der Waals surface area contributed by atoms with Gasteiger partial charge >= 0.3 is 12.4 Å². The summed E-state index contributed by atoms with van der Waals surface area (Å²) in [6.45, 7) is 9.21. The van der Waals surface area contributed by atoms with E-state index in [4.69, 9.17) is 0 Å². The van der Waals surface area contributed by atoms with Crippen molar-refractivity contribution in [2.75, 3.05) is 17.2 Å². The quantitative estimate of drug-likeness (QED) is 0.189. The molecule has 1 fully saturated rings. The van der Waals surface area contributed by atoms with E-state index in [-0.39, 0.29) is 11.7 Å². The van der Waals surface area contributed by atoms with Crippen LogP contribution in [0.3, 0.4) is 0 Å². The van der Waals surface area contributed by atoms with E-state index in [1.165, 1.54) is 46.4 Å². The number of anilines is 1. The molecular weight excluding hydrogens is 601 g/mol. The van der Waals surface area contributed by atoms with Crippen molar-refractivity contribution in [3.63, 3.8) is 0 Å². The van der Waals surface area contributed by atoms with Gasteiger partial charge in [-0.15, -0.1) is 18.3 Å². The zero-order valence-electron chi connectivity index (χ0n) is 25.3. The minimum atomic E-state index is -4.75. The zero-order valence-corrected chi connectivity index (χ0v) is 26.1. The Bertz CT molecular complexity index is 1700. The number of aryl methyl sites for hydroxylation is 1. The third-order valence-electron chi connectivity index (χ3n) is 7.28. The van der Waals surface area contributed by atoms with Crippen LogP contribution in [0.2, 0.25) is 0 Å². The van der Waals surface area contributed by atoms with Crippen molar-refractivity contribution >= 4 is 34.9 Å². The molecule has 0 spiro atoms. The molecule has 4 aromatic rings. The van der Waals surface area contributed by atoms with Crippen molar-refractivity contribution in [2.45, 2.75) is 52.3 Å². The summed E-state index contributed by atoms with van der Waals surface area (Å²) in [5.74, 6) is 1.23. The van der Waals surface area contributed by atoms with Gasteiger partial charge in [-0.3, -0.25) is 0 Å². The maximum atomic E-state index is 12.8. The van der Waals surface area contributed by atoms with Crippen molar-refractivity contribution in [1.82, 2.24) is 14.8 Å². The number of alkyl halides is 3. The molecule has 1 aliphatic heterocycles. The molecule has 0 bridgehead atoms. The number of hydrogen-bond donors (Lipinski definition) is 0. The number of rotatable bonds is 7. The van der Waals surface area contributed by atoms with E-state index >= 15 is 0 Å². The molecule has 0 N–H and O–H groups in total. The van der Waals surface area contributed by atoms with Gasteiger partial charge in [0.1, 0.15) is 12.1 Å². The highest BCUT2D eigenvalue weighted by Crippen LogP contribution is 2.34. The number of urea groups is 1. The second-order valence-electron chi connectivity index (χ2n) is 10.9. The fourth-order valence-electron chi connectivity index (χ4n) is 5.16. The van der Waals surface area contributed by atoms with Gasteiger partial charge in [0.2, 0.25) is 0 Å². The van der Waals surface area contributed by atoms with Crippen molar-refractivity contribution in [2.24, 2.45) is 9.98 Å². The van der Waals surface area contributed by atoms with Crippen LogP contribution in [0.1, 0.15) is 55.7 Å². The number of ether oxygens (including phenoxy) is 1. The molecule has 1 aliphatic rings. The van der Waals surface area contributed by atoms with E-state index in [2.05, 4.69) is 62.6 Å². The monoisotopic (exact) mass is 634 g/mol. The maximum absolute atomic E-state index is 12.8. The van der Waals surface area contributed by atoms with Crippen molar-refractivity contribution in [1.29, 1.82) is 0 Å². The van der Waals surface area contributed by atoms with Crippen LogP contribution in [-0.4, -0.2) is 50.8 Å². The Hall–Kier alpha value is -4.45. The summed E-state index contributed by atoms with van der Waals surface area (Å²) in [5, 5.41) is 5.11. The van der Waals surface area contributed by atoms with Gasteiger partial charge in [0, 0.05) is 35.7 Å². The molecule has 0 aliphatic carbocycles. The summed E-state index contributed by atoms with van der Waals surface area (Å²) in [7, 11) is 0. The van der Waals surface area contributed by atoms with Crippen LogP contribution in [-0.2, 0) is 0 Å². The van der Waals surface area contributed by atoms with Crippen molar-refractivity contribution < 1.29 is 22.7 Å². The highest BCUT2D eigenvalue weighted by Gasteiger charge is 2.31. The molecule has 5 rings (SSSR count). The summed E-state index contributed by atoms with van der Waals surface area (Å²) in [4.78, 5) is 27.8. The molecule has 0 radical (unpaired) electrons. The summed E-state index contributed by atoms with van der Waals surface area (Å²) >= 11 is 1.57. The molecule has 1 unspecified atom stereocenters. The van der Waals surface area contributed by atoms with Crippen molar-refractivity contribution in [3.05, 3.63) is 89.7 Å². The lowest BCUT2D eigenvalue weighted by Crippen LogP contribution is -2.35. The van der Waals surface area contributed by atoms with Crippen LogP contribution in [0.15, 0.2) is 83.0 Å². The first-order chi connectivity index (χ1) is 21.5. The average molecular weight is 635 g/mol. The molecule has 1 aromatic heterocycles. The minimum absolute atomic E-state index is 0.148. The molecule has 1 saturated heterocycles. The summed E-state index contributed by atoms with van der Waals surface area (Å²) in [5.41, 5.74) is 5.81. The smallest absolute Gasteiger partial charge is 0.406 e. The van der Waals surface area contributed by atoms with E-state index < -0.39 is 12.4 Å². The summed E-state index contributed by atoms with van der Waals surface area (Å²) < 4.78 is 42.7. The maximum Gasteiger partial charge on any atom is 0.573 e. The van der Waals surface area contributed by atoms with Gasteiger partial charge < -0.3 is 9.64 Å². The SMILES string of the molecule is Cc1cccc(N2CCCSC2=NC(=O)N=CC(C)c2ccc(-c3ncn(-c4ccc(OC(F)(F)F)cc4)n3)cc2)c1C(C)C. The molecular formula is C33H33F3N6O2S. The first kappa shape index (κ1) is 32.0. The van der Waals surface area contributed by atoms with E-state index in [1.807, 2.05) is 37.3 Å². The van der Waals surface area contributed by atoms with Crippen LogP contribution in [0.4, 0.5) is 23.7 Å². The second kappa shape index (κ2) is 13.7. The van der Waals surface area contributed by atoms with Gasteiger partial charge in [-0.25, -0.2) is 19.5 Å². The fraction of sp³-hybridized carbons (Fsp3) is 0.303. The van der Waals surface area contributed by atoms with E-state index in [0.717, 1.165) is 35.5 Å². The number of thioether (sulfide) groups is 1. The number of carbonyl (C=O) groups is 1. The molecule has 3 aromatic carbocycles. The Labute approximate surface area is 264 Å². The Morgan fingerprint density at radius 3 is 2.47 bits per heavy atom. The summed E-state index contributed by atoms with van der Waals surface area (Å²) in [6, 6.07) is 18.6. The first-order valence-corrected chi connectivity index (χ1v) is 15.5. The van der Waals surface area contributed by atoms with E-state index in [9.17, 15) is 18.0 Å². The van der Waals surface area contributed by atoms with Gasteiger partial charge in [0.25, 0.3) is 0 Å². The van der Waals surface area contributed by atoms with Crippen LogP contribution in [0.25, 0.3) is 17.1 Å². The molecule has 0 saturated carbocycles. The number of aliphatic imine (C=N–C) groups is 2. The number of hydrogen-bond acceptors (Lipinski definition) is 5. The highest BCUT2D eigenvalue weighted by atomic mass is 32.2. The number of halogens is 3. The molecule has 2 heterocycles. The Morgan fingerprint density at radius 1 is 1.04 bits per heavy atom. The molecule has 2 amide bonds. The lowest BCUT2D eigenvalue weighted by Gasteiger charge is -2.32. The predicted molar refractivity (Wildman–Crippen MR) is 173 cm³/mol.